The van der Waals surface area contributed by atoms with Crippen LogP contribution < -0.4 is 0 Å². The van der Waals surface area contributed by atoms with Gasteiger partial charge in [0.05, 0.1) is 0 Å². The molecule has 0 bridgehead atoms. The highest BCUT2D eigenvalue weighted by molar-refractivity contribution is 4.76. The maximum absolute atomic E-state index is 2.47. The Hall–Kier alpha value is 0. The van der Waals surface area contributed by atoms with E-state index in [9.17, 15) is 0 Å². The molecule has 0 aliphatic carbocycles. The molecule has 0 saturated carbocycles. The van der Waals surface area contributed by atoms with Crippen molar-refractivity contribution in [1.29, 1.82) is 0 Å². The van der Waals surface area contributed by atoms with Gasteiger partial charge < -0.3 is 0 Å². The Morgan fingerprint density at radius 1 is 0.800 bits per heavy atom. The zero-order valence-corrected chi connectivity index (χ0v) is 12.0. The van der Waals surface area contributed by atoms with Gasteiger partial charge in [0.2, 0.25) is 0 Å². The Morgan fingerprint density at radius 3 is 1.67 bits per heavy atom. The van der Waals surface area contributed by atoms with Gasteiger partial charge in [-0.3, -0.25) is 0 Å². The minimum atomic E-state index is 0.823. The van der Waals surface area contributed by atoms with Crippen molar-refractivity contribution in [3.63, 3.8) is 0 Å². The van der Waals surface area contributed by atoms with Crippen molar-refractivity contribution in [2.75, 3.05) is 0 Å². The van der Waals surface area contributed by atoms with Crippen molar-refractivity contribution in [2.24, 2.45) is 29.6 Å². The van der Waals surface area contributed by atoms with E-state index in [-0.39, 0.29) is 0 Å². The highest BCUT2D eigenvalue weighted by atomic mass is 14.3. The van der Waals surface area contributed by atoms with E-state index in [0.717, 1.165) is 29.6 Å². The second kappa shape index (κ2) is 7.30. The van der Waals surface area contributed by atoms with Gasteiger partial charge in [-0.25, -0.2) is 0 Å². The smallest absolute Gasteiger partial charge is 0.0360 e. The highest BCUT2D eigenvalue weighted by Gasteiger charge is 2.27. The number of hydrogen-bond acceptors (Lipinski definition) is 0. The van der Waals surface area contributed by atoms with Crippen LogP contribution in [0.4, 0.5) is 0 Å². The molecule has 0 saturated heterocycles. The summed E-state index contributed by atoms with van der Waals surface area (Å²) in [6.45, 7) is 16.7. The fraction of sp³-hybridized carbons (Fsp3) is 1.00. The van der Waals surface area contributed by atoms with Crippen LogP contribution in [0.1, 0.15) is 67.7 Å². The molecule has 0 fully saturated rings. The minimum Gasteiger partial charge on any atom is -0.0654 e. The Balaban J connectivity index is 4.46. The molecule has 0 rings (SSSR count). The first-order valence-corrected chi connectivity index (χ1v) is 6.95. The molecule has 15 heavy (non-hydrogen) atoms. The Labute approximate surface area is 97.8 Å². The van der Waals surface area contributed by atoms with Gasteiger partial charge in [-0.05, 0) is 29.6 Å². The second-order valence-electron chi connectivity index (χ2n) is 5.80. The van der Waals surface area contributed by atoms with Crippen LogP contribution in [0.15, 0.2) is 0 Å². The van der Waals surface area contributed by atoms with Crippen molar-refractivity contribution in [3.8, 4) is 0 Å². The predicted octanol–water partition coefficient (Wildman–Crippen LogP) is 5.38. The molecule has 0 spiro atoms. The van der Waals surface area contributed by atoms with E-state index in [0.29, 0.717) is 0 Å². The van der Waals surface area contributed by atoms with Crippen LogP contribution in [0.25, 0.3) is 0 Å². The van der Waals surface area contributed by atoms with E-state index < -0.39 is 0 Å². The van der Waals surface area contributed by atoms with Crippen molar-refractivity contribution in [3.05, 3.63) is 0 Å². The van der Waals surface area contributed by atoms with Crippen LogP contribution >= 0.6 is 0 Å². The lowest BCUT2D eigenvalue weighted by Gasteiger charge is -2.34. The van der Waals surface area contributed by atoms with E-state index in [1.165, 1.54) is 19.3 Å². The largest absolute Gasteiger partial charge is 0.0654 e. The molecule has 4 unspecified atom stereocenters. The van der Waals surface area contributed by atoms with Gasteiger partial charge in [-0.15, -0.1) is 0 Å². The molecule has 0 aromatic heterocycles. The van der Waals surface area contributed by atoms with E-state index in [4.69, 9.17) is 0 Å². The molecule has 0 radical (unpaired) electrons. The van der Waals surface area contributed by atoms with Crippen molar-refractivity contribution >= 4 is 0 Å². The van der Waals surface area contributed by atoms with Crippen molar-refractivity contribution in [1.82, 2.24) is 0 Å². The van der Waals surface area contributed by atoms with Crippen molar-refractivity contribution in [2.45, 2.75) is 67.7 Å². The first kappa shape index (κ1) is 15.0. The van der Waals surface area contributed by atoms with Gasteiger partial charge >= 0.3 is 0 Å². The van der Waals surface area contributed by atoms with E-state index >= 15 is 0 Å². The molecule has 4 atom stereocenters. The summed E-state index contributed by atoms with van der Waals surface area (Å²) in [5.74, 6) is 4.37. The molecule has 0 aliphatic rings. The molecule has 0 aromatic rings. The Kier molecular flexibility index (Phi) is 7.30. The minimum absolute atomic E-state index is 0.823. The number of rotatable bonds is 7. The first-order valence-electron chi connectivity index (χ1n) is 6.95. The van der Waals surface area contributed by atoms with Crippen LogP contribution in [-0.4, -0.2) is 0 Å². The van der Waals surface area contributed by atoms with E-state index in [1.807, 2.05) is 0 Å². The summed E-state index contributed by atoms with van der Waals surface area (Å²) in [6.07, 6.45) is 4.08. The SMILES string of the molecule is CCCC(C(C)CC)C(C)C(C)C(C)C. The van der Waals surface area contributed by atoms with Crippen LogP contribution in [-0.2, 0) is 0 Å². The molecular formula is C15H32. The molecule has 0 heterocycles. The van der Waals surface area contributed by atoms with Gasteiger partial charge in [0, 0.05) is 0 Å². The van der Waals surface area contributed by atoms with Crippen LogP contribution in [0.5, 0.6) is 0 Å². The second-order valence-corrected chi connectivity index (χ2v) is 5.80. The van der Waals surface area contributed by atoms with E-state index in [2.05, 4.69) is 48.5 Å². The monoisotopic (exact) mass is 212 g/mol. The quantitative estimate of drug-likeness (QED) is 0.531. The van der Waals surface area contributed by atoms with E-state index in [1.54, 1.807) is 0 Å². The average Bonchev–Trinajstić information content (AvgIpc) is 2.22. The third kappa shape index (κ3) is 4.57. The summed E-state index contributed by atoms with van der Waals surface area (Å²) in [5, 5.41) is 0. The van der Waals surface area contributed by atoms with Crippen LogP contribution in [0.3, 0.4) is 0 Å². The lowest BCUT2D eigenvalue weighted by atomic mass is 9.71. The van der Waals surface area contributed by atoms with Gasteiger partial charge in [0.25, 0.3) is 0 Å². The first-order chi connectivity index (χ1) is 6.95. The lowest BCUT2D eigenvalue weighted by molar-refractivity contribution is 0.149. The third-order valence-corrected chi connectivity index (χ3v) is 4.55. The maximum Gasteiger partial charge on any atom is -0.0360 e. The summed E-state index contributed by atoms with van der Waals surface area (Å²) >= 11 is 0. The topological polar surface area (TPSA) is 0 Å². The van der Waals surface area contributed by atoms with Gasteiger partial charge in [-0.2, -0.15) is 0 Å². The fourth-order valence-corrected chi connectivity index (χ4v) is 2.70. The maximum atomic E-state index is 2.47. The summed E-state index contributed by atoms with van der Waals surface area (Å²) in [7, 11) is 0. The van der Waals surface area contributed by atoms with Gasteiger partial charge in [0.15, 0.2) is 0 Å². The molecule has 0 aromatic carbocycles. The normalized spacial score (nSPS) is 20.0. The van der Waals surface area contributed by atoms with Crippen molar-refractivity contribution < 1.29 is 0 Å². The predicted molar refractivity (Wildman–Crippen MR) is 71.0 cm³/mol. The molecular weight excluding hydrogens is 180 g/mol. The van der Waals surface area contributed by atoms with Gasteiger partial charge in [-0.1, -0.05) is 67.7 Å². The average molecular weight is 212 g/mol. The Bertz CT molecular complexity index is 148. The molecule has 0 amide bonds. The summed E-state index contributed by atoms with van der Waals surface area (Å²) in [6, 6.07) is 0. The third-order valence-electron chi connectivity index (χ3n) is 4.55. The standard InChI is InChI=1S/C15H32/c1-8-10-15(12(5)9-2)14(7)13(6)11(3)4/h11-15H,8-10H2,1-7H3. The zero-order chi connectivity index (χ0) is 12.0. The summed E-state index contributed by atoms with van der Waals surface area (Å²) < 4.78 is 0. The fourth-order valence-electron chi connectivity index (χ4n) is 2.70. The molecule has 0 heteroatoms. The molecule has 0 N–H and O–H groups in total. The molecule has 92 valence electrons. The summed E-state index contributed by atoms with van der Waals surface area (Å²) in [5.41, 5.74) is 0. The summed E-state index contributed by atoms with van der Waals surface area (Å²) in [4.78, 5) is 0. The lowest BCUT2D eigenvalue weighted by Crippen LogP contribution is -2.27. The molecule has 0 aliphatic heterocycles. The van der Waals surface area contributed by atoms with Crippen LogP contribution in [0, 0.1) is 29.6 Å². The zero-order valence-electron chi connectivity index (χ0n) is 12.0. The molecule has 0 nitrogen and oxygen atoms in total. The van der Waals surface area contributed by atoms with Gasteiger partial charge in [0.1, 0.15) is 0 Å². The van der Waals surface area contributed by atoms with Crippen LogP contribution in [0.2, 0.25) is 0 Å². The highest BCUT2D eigenvalue weighted by Crippen LogP contribution is 2.35. The number of hydrogen-bond donors (Lipinski definition) is 0. The Morgan fingerprint density at radius 2 is 1.33 bits per heavy atom.